The molecule has 1 aromatic carbocycles. The van der Waals surface area contributed by atoms with Gasteiger partial charge in [-0.05, 0) is 37.6 Å². The summed E-state index contributed by atoms with van der Waals surface area (Å²) in [5.74, 6) is 0.958. The topological polar surface area (TPSA) is 60.5 Å². The molecule has 0 saturated carbocycles. The minimum atomic E-state index is -0.157. The molecule has 0 spiro atoms. The van der Waals surface area contributed by atoms with E-state index in [4.69, 9.17) is 9.47 Å². The van der Waals surface area contributed by atoms with Gasteiger partial charge in [-0.2, -0.15) is 0 Å². The molecule has 0 aliphatic carbocycles. The van der Waals surface area contributed by atoms with Crippen molar-refractivity contribution in [2.45, 2.75) is 19.4 Å². The van der Waals surface area contributed by atoms with Crippen molar-refractivity contribution in [3.05, 3.63) is 52.6 Å². The predicted molar refractivity (Wildman–Crippen MR) is 91.9 cm³/mol. The highest BCUT2D eigenvalue weighted by molar-refractivity contribution is 9.10. The summed E-state index contributed by atoms with van der Waals surface area (Å²) in [6.07, 6.45) is 2.27. The number of nitrogens with one attached hydrogen (secondary N) is 1. The molecule has 5 nitrogen and oxygen atoms in total. The molecule has 0 bridgehead atoms. The van der Waals surface area contributed by atoms with E-state index in [0.29, 0.717) is 23.8 Å². The van der Waals surface area contributed by atoms with E-state index in [9.17, 15) is 4.79 Å². The smallest absolute Gasteiger partial charge is 0.253 e. The molecule has 6 heteroatoms. The lowest BCUT2D eigenvalue weighted by molar-refractivity contribution is 0.0929. The van der Waals surface area contributed by atoms with Gasteiger partial charge in [0.25, 0.3) is 5.91 Å². The number of pyridine rings is 1. The summed E-state index contributed by atoms with van der Waals surface area (Å²) >= 11 is 3.38. The summed E-state index contributed by atoms with van der Waals surface area (Å²) in [5.41, 5.74) is 0.496. The van der Waals surface area contributed by atoms with Crippen LogP contribution in [-0.2, 0) is 4.74 Å². The first-order valence-corrected chi connectivity index (χ1v) is 8.07. The average Bonchev–Trinajstić information content (AvgIpc) is 2.53. The van der Waals surface area contributed by atoms with E-state index in [2.05, 4.69) is 26.2 Å². The van der Waals surface area contributed by atoms with Gasteiger partial charge >= 0.3 is 0 Å². The molecule has 1 N–H and O–H groups in total. The van der Waals surface area contributed by atoms with Gasteiger partial charge in [0.05, 0.1) is 5.56 Å². The lowest BCUT2D eigenvalue weighted by atomic mass is 10.2. The third kappa shape index (κ3) is 5.65. The zero-order valence-electron chi connectivity index (χ0n) is 13.1. The molecule has 0 fully saturated rings. The molecule has 1 heterocycles. The second kappa shape index (κ2) is 8.64. The van der Waals surface area contributed by atoms with Gasteiger partial charge in [0.2, 0.25) is 5.88 Å². The second-order valence-electron chi connectivity index (χ2n) is 5.10. The largest absolute Gasteiger partial charge is 0.439 e. The van der Waals surface area contributed by atoms with Crippen LogP contribution in [0.15, 0.2) is 47.1 Å². The van der Waals surface area contributed by atoms with Gasteiger partial charge in [-0.3, -0.25) is 4.79 Å². The molecule has 1 amide bonds. The van der Waals surface area contributed by atoms with Crippen molar-refractivity contribution in [3.63, 3.8) is 0 Å². The first-order valence-electron chi connectivity index (χ1n) is 7.28. The Morgan fingerprint density at radius 3 is 2.83 bits per heavy atom. The quantitative estimate of drug-likeness (QED) is 0.795. The third-order valence-corrected chi connectivity index (χ3v) is 3.64. The van der Waals surface area contributed by atoms with Crippen LogP contribution >= 0.6 is 15.9 Å². The summed E-state index contributed by atoms with van der Waals surface area (Å²) in [6, 6.07) is 10.9. The first-order chi connectivity index (χ1) is 11.1. The molecule has 0 aliphatic heterocycles. The Balaban J connectivity index is 1.95. The van der Waals surface area contributed by atoms with Crippen LogP contribution in [0, 0.1) is 0 Å². The van der Waals surface area contributed by atoms with Crippen molar-refractivity contribution in [3.8, 4) is 11.6 Å². The number of aromatic nitrogens is 1. The van der Waals surface area contributed by atoms with Crippen molar-refractivity contribution in [1.29, 1.82) is 0 Å². The molecule has 1 aromatic heterocycles. The van der Waals surface area contributed by atoms with Crippen molar-refractivity contribution >= 4 is 21.8 Å². The number of nitrogens with zero attached hydrogens (tertiary/aromatic N) is 1. The highest BCUT2D eigenvalue weighted by Crippen LogP contribution is 2.22. The fourth-order valence-corrected chi connectivity index (χ4v) is 2.28. The van der Waals surface area contributed by atoms with Crippen LogP contribution in [0.1, 0.15) is 23.7 Å². The molecular formula is C17H19BrN2O3. The van der Waals surface area contributed by atoms with Gasteiger partial charge in [0.1, 0.15) is 5.75 Å². The Kier molecular flexibility index (Phi) is 6.55. The maximum atomic E-state index is 12.1. The highest BCUT2D eigenvalue weighted by atomic mass is 79.9. The van der Waals surface area contributed by atoms with Crippen LogP contribution in [-0.4, -0.2) is 30.6 Å². The Morgan fingerprint density at radius 1 is 1.35 bits per heavy atom. The van der Waals surface area contributed by atoms with E-state index in [-0.39, 0.29) is 11.9 Å². The highest BCUT2D eigenvalue weighted by Gasteiger charge is 2.10. The summed E-state index contributed by atoms with van der Waals surface area (Å²) in [4.78, 5) is 16.3. The molecule has 122 valence electrons. The van der Waals surface area contributed by atoms with Crippen LogP contribution in [0.4, 0.5) is 0 Å². The number of rotatable bonds is 7. The number of hydrogen-bond acceptors (Lipinski definition) is 4. The standard InChI is InChI=1S/C17H19BrN2O3/c1-12(8-9-22-2)20-17(21)13-6-7-16(19-11-13)23-15-5-3-4-14(18)10-15/h3-7,10-12H,8-9H2,1-2H3,(H,20,21). The fourth-order valence-electron chi connectivity index (χ4n) is 1.90. The molecule has 1 unspecified atom stereocenters. The van der Waals surface area contributed by atoms with E-state index < -0.39 is 0 Å². The number of carbonyl (C=O) groups is 1. The minimum Gasteiger partial charge on any atom is -0.439 e. The van der Waals surface area contributed by atoms with Gasteiger partial charge in [-0.15, -0.1) is 0 Å². The Labute approximate surface area is 144 Å². The van der Waals surface area contributed by atoms with Crippen molar-refractivity contribution in [1.82, 2.24) is 10.3 Å². The van der Waals surface area contributed by atoms with Crippen LogP contribution in [0.5, 0.6) is 11.6 Å². The normalized spacial score (nSPS) is 11.8. The van der Waals surface area contributed by atoms with E-state index in [1.807, 2.05) is 31.2 Å². The third-order valence-electron chi connectivity index (χ3n) is 3.15. The molecule has 0 radical (unpaired) electrons. The van der Waals surface area contributed by atoms with E-state index in [0.717, 1.165) is 10.9 Å². The Bertz CT molecular complexity index is 647. The molecular weight excluding hydrogens is 360 g/mol. The summed E-state index contributed by atoms with van der Waals surface area (Å²) in [7, 11) is 1.64. The number of hydrogen-bond donors (Lipinski definition) is 1. The SMILES string of the molecule is COCCC(C)NC(=O)c1ccc(Oc2cccc(Br)c2)nc1. The van der Waals surface area contributed by atoms with Gasteiger partial charge in [0.15, 0.2) is 0 Å². The number of halogens is 1. The molecule has 23 heavy (non-hydrogen) atoms. The van der Waals surface area contributed by atoms with Crippen molar-refractivity contribution in [2.75, 3.05) is 13.7 Å². The number of benzene rings is 1. The minimum absolute atomic E-state index is 0.0417. The Hall–Kier alpha value is -1.92. The summed E-state index contributed by atoms with van der Waals surface area (Å²) < 4.78 is 11.6. The fraction of sp³-hybridized carbons (Fsp3) is 0.294. The van der Waals surface area contributed by atoms with Crippen molar-refractivity contribution in [2.24, 2.45) is 0 Å². The first kappa shape index (κ1) is 17.4. The molecule has 0 saturated heterocycles. The van der Waals surface area contributed by atoms with Gasteiger partial charge in [-0.25, -0.2) is 4.98 Å². The average molecular weight is 379 g/mol. The van der Waals surface area contributed by atoms with Crippen LogP contribution < -0.4 is 10.1 Å². The summed E-state index contributed by atoms with van der Waals surface area (Å²) in [6.45, 7) is 2.55. The van der Waals surface area contributed by atoms with Gasteiger partial charge in [-0.1, -0.05) is 22.0 Å². The number of carbonyl (C=O) groups excluding carboxylic acids is 1. The zero-order chi connectivity index (χ0) is 16.7. The number of amides is 1. The maximum Gasteiger partial charge on any atom is 0.253 e. The Morgan fingerprint density at radius 2 is 2.17 bits per heavy atom. The van der Waals surface area contributed by atoms with Gasteiger partial charge < -0.3 is 14.8 Å². The lowest BCUT2D eigenvalue weighted by Crippen LogP contribution is -2.33. The van der Waals surface area contributed by atoms with Crippen molar-refractivity contribution < 1.29 is 14.3 Å². The monoisotopic (exact) mass is 378 g/mol. The molecule has 1 atom stereocenters. The molecule has 2 rings (SSSR count). The second-order valence-corrected chi connectivity index (χ2v) is 6.02. The van der Waals surface area contributed by atoms with E-state index >= 15 is 0 Å². The van der Waals surface area contributed by atoms with Gasteiger partial charge in [0, 0.05) is 36.5 Å². The van der Waals surface area contributed by atoms with Crippen LogP contribution in [0.25, 0.3) is 0 Å². The van der Waals surface area contributed by atoms with Crippen LogP contribution in [0.2, 0.25) is 0 Å². The molecule has 0 aliphatic rings. The maximum absolute atomic E-state index is 12.1. The zero-order valence-corrected chi connectivity index (χ0v) is 14.7. The van der Waals surface area contributed by atoms with E-state index in [1.165, 1.54) is 6.20 Å². The predicted octanol–water partition coefficient (Wildman–Crippen LogP) is 3.79. The number of ether oxygens (including phenoxy) is 2. The van der Waals surface area contributed by atoms with E-state index in [1.54, 1.807) is 19.2 Å². The van der Waals surface area contributed by atoms with Crippen LogP contribution in [0.3, 0.4) is 0 Å². The summed E-state index contributed by atoms with van der Waals surface area (Å²) in [5, 5.41) is 2.90. The number of methoxy groups -OCH3 is 1. The lowest BCUT2D eigenvalue weighted by Gasteiger charge is -2.13. The molecule has 2 aromatic rings.